The number of benzene rings is 1. The fraction of sp³-hybridized carbons (Fsp3) is 0.278. The van der Waals surface area contributed by atoms with Gasteiger partial charge < -0.3 is 0 Å². The van der Waals surface area contributed by atoms with E-state index in [0.29, 0.717) is 11.6 Å². The summed E-state index contributed by atoms with van der Waals surface area (Å²) >= 11 is 0. The smallest absolute Gasteiger partial charge is 0.275 e. The molecule has 0 atom stereocenters. The van der Waals surface area contributed by atoms with Crippen LogP contribution in [0.15, 0.2) is 47.2 Å². The summed E-state index contributed by atoms with van der Waals surface area (Å²) in [6, 6.07) is 10.1. The predicted molar refractivity (Wildman–Crippen MR) is 93.3 cm³/mol. The SMILES string of the molecule is CC(/C=N/NC(=O)c1ccn(C)n1)=C\c1ccc(C(C)C)cc1. The van der Waals surface area contributed by atoms with E-state index in [1.54, 1.807) is 30.2 Å². The first-order valence-electron chi connectivity index (χ1n) is 7.57. The lowest BCUT2D eigenvalue weighted by Gasteiger charge is -2.05. The van der Waals surface area contributed by atoms with E-state index in [1.807, 2.05) is 13.0 Å². The fourth-order valence-corrected chi connectivity index (χ4v) is 2.06. The van der Waals surface area contributed by atoms with Crippen LogP contribution < -0.4 is 5.43 Å². The fourth-order valence-electron chi connectivity index (χ4n) is 2.06. The molecule has 0 saturated carbocycles. The maximum atomic E-state index is 11.8. The number of allylic oxidation sites excluding steroid dienone is 1. The van der Waals surface area contributed by atoms with Gasteiger partial charge in [-0.3, -0.25) is 9.48 Å². The number of carbonyl (C=O) groups excluding carboxylic acids is 1. The number of hydrogen-bond acceptors (Lipinski definition) is 3. The summed E-state index contributed by atoms with van der Waals surface area (Å²) < 4.78 is 1.57. The first-order chi connectivity index (χ1) is 11.0. The largest absolute Gasteiger partial charge is 0.291 e. The topological polar surface area (TPSA) is 59.3 Å². The molecule has 120 valence electrons. The number of carbonyl (C=O) groups is 1. The summed E-state index contributed by atoms with van der Waals surface area (Å²) in [5.74, 6) is 0.202. The van der Waals surface area contributed by atoms with Crippen LogP contribution in [0.25, 0.3) is 6.08 Å². The normalized spacial score (nSPS) is 12.1. The zero-order valence-electron chi connectivity index (χ0n) is 13.9. The number of aromatic nitrogens is 2. The van der Waals surface area contributed by atoms with Gasteiger partial charge in [0.05, 0.1) is 6.21 Å². The maximum absolute atomic E-state index is 11.8. The van der Waals surface area contributed by atoms with Crippen molar-refractivity contribution in [2.75, 3.05) is 0 Å². The summed E-state index contributed by atoms with van der Waals surface area (Å²) in [4.78, 5) is 11.8. The second-order valence-electron chi connectivity index (χ2n) is 5.78. The molecule has 0 aliphatic heterocycles. The first kappa shape index (κ1) is 16.7. The van der Waals surface area contributed by atoms with Crippen molar-refractivity contribution in [1.82, 2.24) is 15.2 Å². The highest BCUT2D eigenvalue weighted by atomic mass is 16.2. The zero-order valence-corrected chi connectivity index (χ0v) is 13.9. The minimum atomic E-state index is -0.323. The van der Waals surface area contributed by atoms with Gasteiger partial charge >= 0.3 is 0 Å². The van der Waals surface area contributed by atoms with E-state index in [9.17, 15) is 4.79 Å². The molecule has 1 amide bonds. The molecule has 2 rings (SSSR count). The van der Waals surface area contributed by atoms with Crippen molar-refractivity contribution in [3.63, 3.8) is 0 Å². The highest BCUT2D eigenvalue weighted by Gasteiger charge is 2.06. The number of rotatable bonds is 5. The van der Waals surface area contributed by atoms with Gasteiger partial charge in [-0.25, -0.2) is 5.43 Å². The van der Waals surface area contributed by atoms with Crippen LogP contribution in [0, 0.1) is 0 Å². The van der Waals surface area contributed by atoms with Gasteiger partial charge in [-0.2, -0.15) is 10.2 Å². The first-order valence-corrected chi connectivity index (χ1v) is 7.57. The Balaban J connectivity index is 1.94. The van der Waals surface area contributed by atoms with Crippen molar-refractivity contribution in [2.24, 2.45) is 12.1 Å². The van der Waals surface area contributed by atoms with Crippen molar-refractivity contribution in [3.05, 3.63) is 58.9 Å². The van der Waals surface area contributed by atoms with E-state index in [2.05, 4.69) is 53.7 Å². The van der Waals surface area contributed by atoms with Gasteiger partial charge in [0.2, 0.25) is 0 Å². The van der Waals surface area contributed by atoms with Gasteiger partial charge in [-0.05, 0) is 35.6 Å². The van der Waals surface area contributed by atoms with Crippen molar-refractivity contribution >= 4 is 18.2 Å². The van der Waals surface area contributed by atoms with Crippen molar-refractivity contribution in [1.29, 1.82) is 0 Å². The maximum Gasteiger partial charge on any atom is 0.291 e. The third-order valence-electron chi connectivity index (χ3n) is 3.38. The summed E-state index contributed by atoms with van der Waals surface area (Å²) in [5, 5.41) is 7.97. The van der Waals surface area contributed by atoms with Gasteiger partial charge in [-0.1, -0.05) is 44.2 Å². The second kappa shape index (κ2) is 7.54. The minimum Gasteiger partial charge on any atom is -0.275 e. The Morgan fingerprint density at radius 3 is 2.52 bits per heavy atom. The van der Waals surface area contributed by atoms with Crippen molar-refractivity contribution < 1.29 is 4.79 Å². The molecule has 0 spiro atoms. The van der Waals surface area contributed by atoms with Gasteiger partial charge in [-0.15, -0.1) is 0 Å². The van der Waals surface area contributed by atoms with Crippen LogP contribution in [0.3, 0.4) is 0 Å². The Morgan fingerprint density at radius 1 is 1.26 bits per heavy atom. The Hall–Kier alpha value is -2.69. The Bertz CT molecular complexity index is 724. The number of amides is 1. The summed E-state index contributed by atoms with van der Waals surface area (Å²) in [5.41, 5.74) is 6.18. The predicted octanol–water partition coefficient (Wildman–Crippen LogP) is 3.36. The number of hydrogen-bond donors (Lipinski definition) is 1. The molecule has 0 aliphatic carbocycles. The molecule has 1 aromatic heterocycles. The van der Waals surface area contributed by atoms with E-state index < -0.39 is 0 Å². The molecule has 0 saturated heterocycles. The summed E-state index contributed by atoms with van der Waals surface area (Å²) in [7, 11) is 1.76. The van der Waals surface area contributed by atoms with Gasteiger partial charge in [0.15, 0.2) is 5.69 Å². The van der Waals surface area contributed by atoms with Crippen LogP contribution in [-0.4, -0.2) is 21.9 Å². The van der Waals surface area contributed by atoms with E-state index >= 15 is 0 Å². The molecule has 0 aliphatic rings. The Labute approximate surface area is 136 Å². The van der Waals surface area contributed by atoms with E-state index in [-0.39, 0.29) is 5.91 Å². The van der Waals surface area contributed by atoms with Gasteiger partial charge in [0.1, 0.15) is 0 Å². The third kappa shape index (κ3) is 4.92. The highest BCUT2D eigenvalue weighted by Crippen LogP contribution is 2.15. The molecular formula is C18H22N4O. The average molecular weight is 310 g/mol. The lowest BCUT2D eigenvalue weighted by molar-refractivity contribution is 0.0949. The number of nitrogens with zero attached hydrogens (tertiary/aromatic N) is 3. The monoisotopic (exact) mass is 310 g/mol. The highest BCUT2D eigenvalue weighted by molar-refractivity contribution is 5.93. The lowest BCUT2D eigenvalue weighted by atomic mass is 10.0. The van der Waals surface area contributed by atoms with Crippen LogP contribution in [0.4, 0.5) is 0 Å². The number of aryl methyl sites for hydroxylation is 1. The van der Waals surface area contributed by atoms with E-state index in [0.717, 1.165) is 11.1 Å². The number of nitrogens with one attached hydrogen (secondary N) is 1. The molecule has 5 heteroatoms. The molecule has 2 aromatic rings. The molecule has 0 fully saturated rings. The van der Waals surface area contributed by atoms with Crippen LogP contribution in [0.2, 0.25) is 0 Å². The molecule has 0 radical (unpaired) electrons. The standard InChI is InChI=1S/C18H22N4O/c1-13(2)16-7-5-15(6-8-16)11-14(3)12-19-20-18(23)17-9-10-22(4)21-17/h5-13H,1-4H3,(H,20,23)/b14-11+,19-12+. The molecular weight excluding hydrogens is 288 g/mol. The summed E-state index contributed by atoms with van der Waals surface area (Å²) in [6.45, 7) is 6.28. The van der Waals surface area contributed by atoms with Crippen LogP contribution in [0.1, 0.15) is 48.3 Å². The van der Waals surface area contributed by atoms with Crippen LogP contribution in [0.5, 0.6) is 0 Å². The molecule has 23 heavy (non-hydrogen) atoms. The van der Waals surface area contributed by atoms with E-state index in [1.165, 1.54) is 5.56 Å². The molecule has 0 bridgehead atoms. The lowest BCUT2D eigenvalue weighted by Crippen LogP contribution is -2.18. The summed E-state index contributed by atoms with van der Waals surface area (Å²) in [6.07, 6.45) is 5.35. The minimum absolute atomic E-state index is 0.323. The quantitative estimate of drug-likeness (QED) is 0.680. The van der Waals surface area contributed by atoms with Gasteiger partial charge in [0.25, 0.3) is 5.91 Å². The van der Waals surface area contributed by atoms with E-state index in [4.69, 9.17) is 0 Å². The Kier molecular flexibility index (Phi) is 5.46. The molecule has 1 heterocycles. The average Bonchev–Trinajstić information content (AvgIpc) is 2.94. The molecule has 1 aromatic carbocycles. The van der Waals surface area contributed by atoms with Crippen molar-refractivity contribution in [2.45, 2.75) is 26.7 Å². The third-order valence-corrected chi connectivity index (χ3v) is 3.38. The Morgan fingerprint density at radius 2 is 1.96 bits per heavy atom. The van der Waals surface area contributed by atoms with Crippen molar-refractivity contribution in [3.8, 4) is 0 Å². The van der Waals surface area contributed by atoms with Crippen LogP contribution in [-0.2, 0) is 7.05 Å². The molecule has 1 N–H and O–H groups in total. The second-order valence-corrected chi connectivity index (χ2v) is 5.78. The van der Waals surface area contributed by atoms with Gasteiger partial charge in [0, 0.05) is 13.2 Å². The zero-order chi connectivity index (χ0) is 16.8. The number of hydrazone groups is 1. The molecule has 0 unspecified atom stereocenters. The van der Waals surface area contributed by atoms with Crippen LogP contribution >= 0.6 is 0 Å². The molecule has 5 nitrogen and oxygen atoms in total.